The number of Topliss-reactive ketones (excluding diaryl/α,β-unsaturated/α-hetero) is 1. The monoisotopic (exact) mass is 512 g/mol. The molecule has 0 spiro atoms. The van der Waals surface area contributed by atoms with Crippen molar-refractivity contribution in [3.63, 3.8) is 0 Å². The number of anilines is 2. The maximum atomic E-state index is 13.1. The Labute approximate surface area is 210 Å². The Bertz CT molecular complexity index is 1360. The van der Waals surface area contributed by atoms with Gasteiger partial charge in [-0.05, 0) is 61.2 Å². The minimum absolute atomic E-state index is 0.0266. The number of nitrogens with one attached hydrogen (secondary N) is 2. The third-order valence-corrected chi connectivity index (χ3v) is 6.12. The van der Waals surface area contributed by atoms with Gasteiger partial charge in [-0.2, -0.15) is 13.2 Å². The lowest BCUT2D eigenvalue weighted by Gasteiger charge is -2.35. The molecular formula is C26H23F3N4O4. The van der Waals surface area contributed by atoms with Gasteiger partial charge in [0.25, 0.3) is 0 Å². The molecule has 1 heterocycles. The molecule has 2 aromatic carbocycles. The number of nitrogens with zero attached hydrogens (tertiary/aromatic N) is 2. The second kappa shape index (κ2) is 10.00. The second-order valence-electron chi connectivity index (χ2n) is 8.60. The highest BCUT2D eigenvalue weighted by Crippen LogP contribution is 2.36. The Kier molecular flexibility index (Phi) is 6.97. The van der Waals surface area contributed by atoms with Crippen molar-refractivity contribution in [3.8, 4) is 11.3 Å². The van der Waals surface area contributed by atoms with Gasteiger partial charge in [0.15, 0.2) is 11.4 Å². The van der Waals surface area contributed by atoms with E-state index in [1.807, 2.05) is 13.0 Å². The van der Waals surface area contributed by atoms with E-state index in [-0.39, 0.29) is 17.3 Å². The standard InChI is InChI=1S/C26H23F3N4O4/c1-3-25(37-15(2)34)12-11-16-13-17(7-8-20(16)23(25)35)21-9-10-22(33-32-21)31-24(36)30-19-6-4-5-18(14-19)26(27,28)29/h4-10,13-14H,3,11-12H2,1-2H3,(H2,30,31,33,36). The average Bonchev–Trinajstić information content (AvgIpc) is 2.85. The molecule has 0 fully saturated rings. The Balaban J connectivity index is 1.45. The molecule has 4 rings (SSSR count). The number of fused-ring (bicyclic) bond motifs is 1. The van der Waals surface area contributed by atoms with Crippen LogP contribution in [0, 0.1) is 0 Å². The van der Waals surface area contributed by atoms with Gasteiger partial charge in [-0.25, -0.2) is 4.79 Å². The maximum absolute atomic E-state index is 13.1. The molecule has 1 aliphatic rings. The number of carbonyl (C=O) groups is 3. The molecule has 2 amide bonds. The summed E-state index contributed by atoms with van der Waals surface area (Å²) in [5, 5.41) is 12.8. The number of aromatic nitrogens is 2. The van der Waals surface area contributed by atoms with Crippen LogP contribution in [0.2, 0.25) is 0 Å². The van der Waals surface area contributed by atoms with Gasteiger partial charge in [-0.1, -0.05) is 25.1 Å². The van der Waals surface area contributed by atoms with Crippen LogP contribution in [0.4, 0.5) is 29.5 Å². The van der Waals surface area contributed by atoms with Crippen molar-refractivity contribution in [2.45, 2.75) is 44.9 Å². The van der Waals surface area contributed by atoms with E-state index in [0.717, 1.165) is 17.7 Å². The second-order valence-corrected chi connectivity index (χ2v) is 8.60. The first-order valence-corrected chi connectivity index (χ1v) is 11.5. The van der Waals surface area contributed by atoms with Gasteiger partial charge in [0.1, 0.15) is 0 Å². The number of rotatable bonds is 5. The normalized spacial score (nSPS) is 17.1. The van der Waals surface area contributed by atoms with Gasteiger partial charge in [-0.15, -0.1) is 10.2 Å². The molecule has 0 radical (unpaired) electrons. The van der Waals surface area contributed by atoms with Crippen molar-refractivity contribution < 1.29 is 32.3 Å². The number of alkyl halides is 3. The van der Waals surface area contributed by atoms with Crippen molar-refractivity contribution in [2.75, 3.05) is 10.6 Å². The van der Waals surface area contributed by atoms with Crippen LogP contribution in [0.3, 0.4) is 0 Å². The Morgan fingerprint density at radius 3 is 2.49 bits per heavy atom. The van der Waals surface area contributed by atoms with Crippen molar-refractivity contribution in [3.05, 3.63) is 71.3 Å². The van der Waals surface area contributed by atoms with Crippen LogP contribution in [0.1, 0.15) is 48.2 Å². The number of urea groups is 1. The van der Waals surface area contributed by atoms with Gasteiger partial charge in [0, 0.05) is 23.7 Å². The molecule has 3 aromatic rings. The van der Waals surface area contributed by atoms with Crippen LogP contribution in [0.25, 0.3) is 11.3 Å². The molecule has 0 saturated carbocycles. The summed E-state index contributed by atoms with van der Waals surface area (Å²) < 4.78 is 44.0. The molecule has 1 atom stereocenters. The number of benzene rings is 2. The molecule has 0 bridgehead atoms. The van der Waals surface area contributed by atoms with E-state index in [2.05, 4.69) is 20.8 Å². The van der Waals surface area contributed by atoms with Gasteiger partial charge in [0.05, 0.1) is 11.3 Å². The van der Waals surface area contributed by atoms with Crippen LogP contribution >= 0.6 is 0 Å². The lowest BCUT2D eigenvalue weighted by Crippen LogP contribution is -2.45. The van der Waals surface area contributed by atoms with E-state index in [9.17, 15) is 27.6 Å². The van der Waals surface area contributed by atoms with Crippen LogP contribution in [0.15, 0.2) is 54.6 Å². The highest BCUT2D eigenvalue weighted by atomic mass is 19.4. The summed E-state index contributed by atoms with van der Waals surface area (Å²) in [4.78, 5) is 36.8. The molecule has 1 aliphatic carbocycles. The first-order valence-electron chi connectivity index (χ1n) is 11.5. The van der Waals surface area contributed by atoms with E-state index in [1.54, 1.807) is 18.2 Å². The summed E-state index contributed by atoms with van der Waals surface area (Å²) in [5.74, 6) is -0.631. The first-order chi connectivity index (χ1) is 17.5. The highest BCUT2D eigenvalue weighted by Gasteiger charge is 2.44. The number of ether oxygens (including phenoxy) is 1. The molecule has 1 aromatic heterocycles. The Morgan fingerprint density at radius 2 is 1.84 bits per heavy atom. The summed E-state index contributed by atoms with van der Waals surface area (Å²) in [7, 11) is 0. The SMILES string of the molecule is CCC1(OC(C)=O)CCc2cc(-c3ccc(NC(=O)Nc4cccc(C(F)(F)F)c4)nn3)ccc2C1=O. The number of esters is 1. The van der Waals surface area contributed by atoms with Gasteiger partial charge >= 0.3 is 18.2 Å². The number of carbonyl (C=O) groups excluding carboxylic acids is 3. The molecule has 0 saturated heterocycles. The largest absolute Gasteiger partial charge is 0.451 e. The van der Waals surface area contributed by atoms with E-state index >= 15 is 0 Å². The molecule has 192 valence electrons. The zero-order valence-corrected chi connectivity index (χ0v) is 20.0. The molecule has 1 unspecified atom stereocenters. The number of hydrogen-bond donors (Lipinski definition) is 2. The minimum atomic E-state index is -4.53. The number of halogens is 3. The van der Waals surface area contributed by atoms with Gasteiger partial charge in [-0.3, -0.25) is 14.9 Å². The van der Waals surface area contributed by atoms with E-state index in [1.165, 1.54) is 25.1 Å². The molecule has 8 nitrogen and oxygen atoms in total. The summed E-state index contributed by atoms with van der Waals surface area (Å²) >= 11 is 0. The Hall–Kier alpha value is -4.28. The predicted octanol–water partition coefficient (Wildman–Crippen LogP) is 5.65. The molecule has 37 heavy (non-hydrogen) atoms. The van der Waals surface area contributed by atoms with Crippen molar-refractivity contribution in [2.24, 2.45) is 0 Å². The van der Waals surface area contributed by atoms with Gasteiger partial charge < -0.3 is 10.1 Å². The lowest BCUT2D eigenvalue weighted by atomic mass is 9.77. The van der Waals surface area contributed by atoms with Crippen molar-refractivity contribution >= 4 is 29.3 Å². The van der Waals surface area contributed by atoms with E-state index in [4.69, 9.17) is 4.74 Å². The number of amides is 2. The molecular weight excluding hydrogens is 489 g/mol. The third kappa shape index (κ3) is 5.60. The third-order valence-electron chi connectivity index (χ3n) is 6.12. The minimum Gasteiger partial charge on any atom is -0.451 e. The fourth-order valence-electron chi connectivity index (χ4n) is 4.26. The molecule has 11 heteroatoms. The highest BCUT2D eigenvalue weighted by molar-refractivity contribution is 6.06. The zero-order valence-electron chi connectivity index (χ0n) is 20.0. The fourth-order valence-corrected chi connectivity index (χ4v) is 4.26. The molecule has 0 aliphatic heterocycles. The summed E-state index contributed by atoms with van der Waals surface area (Å²) in [6.07, 6.45) is -3.22. The van der Waals surface area contributed by atoms with Crippen LogP contribution in [-0.4, -0.2) is 33.6 Å². The predicted molar refractivity (Wildman–Crippen MR) is 129 cm³/mol. The lowest BCUT2D eigenvalue weighted by molar-refractivity contribution is -0.153. The fraction of sp³-hybridized carbons (Fsp3) is 0.269. The zero-order chi connectivity index (χ0) is 26.8. The number of hydrogen-bond acceptors (Lipinski definition) is 6. The van der Waals surface area contributed by atoms with Crippen LogP contribution in [0.5, 0.6) is 0 Å². The van der Waals surface area contributed by atoms with Crippen LogP contribution in [-0.2, 0) is 22.1 Å². The smallest absolute Gasteiger partial charge is 0.416 e. The summed E-state index contributed by atoms with van der Waals surface area (Å²) in [5.41, 5.74) is 0.442. The first kappa shape index (κ1) is 25.8. The molecule has 2 N–H and O–H groups in total. The van der Waals surface area contributed by atoms with E-state index < -0.39 is 29.3 Å². The van der Waals surface area contributed by atoms with E-state index in [0.29, 0.717) is 36.1 Å². The number of aryl methyl sites for hydroxylation is 1. The van der Waals surface area contributed by atoms with Gasteiger partial charge in [0.2, 0.25) is 5.78 Å². The van der Waals surface area contributed by atoms with Crippen LogP contribution < -0.4 is 10.6 Å². The summed E-state index contributed by atoms with van der Waals surface area (Å²) in [6, 6.07) is 11.8. The quantitative estimate of drug-likeness (QED) is 0.428. The van der Waals surface area contributed by atoms with Crippen molar-refractivity contribution in [1.82, 2.24) is 10.2 Å². The van der Waals surface area contributed by atoms with Crippen molar-refractivity contribution in [1.29, 1.82) is 0 Å². The Morgan fingerprint density at radius 1 is 1.05 bits per heavy atom. The number of ketones is 1. The summed E-state index contributed by atoms with van der Waals surface area (Å²) in [6.45, 7) is 3.10. The average molecular weight is 512 g/mol. The maximum Gasteiger partial charge on any atom is 0.416 e. The topological polar surface area (TPSA) is 110 Å².